The number of ether oxygens (including phenoxy) is 1. The zero-order valence-corrected chi connectivity index (χ0v) is 9.05. The minimum atomic E-state index is -0.449. The minimum Gasteiger partial charge on any atom is -0.380 e. The van der Waals surface area contributed by atoms with E-state index in [2.05, 4.69) is 5.32 Å². The lowest BCUT2D eigenvalue weighted by molar-refractivity contribution is 0.0844. The molecule has 0 heterocycles. The van der Waals surface area contributed by atoms with Gasteiger partial charge in [0.15, 0.2) is 0 Å². The molecule has 0 saturated heterocycles. The number of halogens is 2. The Kier molecular flexibility index (Phi) is 4.17. The van der Waals surface area contributed by atoms with E-state index in [4.69, 9.17) is 4.74 Å². The molecule has 0 aromatic heterocycles. The van der Waals surface area contributed by atoms with Crippen LogP contribution in [0.25, 0.3) is 0 Å². The zero-order chi connectivity index (χ0) is 11.4. The summed E-state index contributed by atoms with van der Waals surface area (Å²) in [5.74, 6) is -0.880. The van der Waals surface area contributed by atoms with Crippen LogP contribution in [0.5, 0.6) is 0 Å². The quantitative estimate of drug-likeness (QED) is 0.831. The van der Waals surface area contributed by atoms with Crippen LogP contribution in [-0.4, -0.2) is 20.3 Å². The molecule has 0 saturated carbocycles. The van der Waals surface area contributed by atoms with E-state index in [1.807, 2.05) is 0 Å². The Bertz CT molecular complexity index is 330. The van der Waals surface area contributed by atoms with Crippen molar-refractivity contribution < 1.29 is 13.5 Å². The van der Waals surface area contributed by atoms with E-state index in [9.17, 15) is 8.78 Å². The van der Waals surface area contributed by atoms with Crippen molar-refractivity contribution in [1.29, 1.82) is 0 Å². The van der Waals surface area contributed by atoms with Crippen molar-refractivity contribution >= 4 is 0 Å². The van der Waals surface area contributed by atoms with E-state index in [1.165, 1.54) is 13.2 Å². The van der Waals surface area contributed by atoms with Crippen LogP contribution in [0.2, 0.25) is 0 Å². The molecule has 0 radical (unpaired) electrons. The van der Waals surface area contributed by atoms with Gasteiger partial charge in [0.05, 0.1) is 12.1 Å². The lowest BCUT2D eigenvalue weighted by Gasteiger charge is -2.23. The van der Waals surface area contributed by atoms with E-state index < -0.39 is 11.6 Å². The number of nitrogens with one attached hydrogen (secondary N) is 1. The molecule has 15 heavy (non-hydrogen) atoms. The Balaban J connectivity index is 3.05. The fourth-order valence-electron chi connectivity index (χ4n) is 1.53. The van der Waals surface area contributed by atoms with Crippen molar-refractivity contribution in [3.05, 3.63) is 35.4 Å². The number of rotatable bonds is 4. The highest BCUT2D eigenvalue weighted by Gasteiger charge is 2.20. The number of hydrogen-bond acceptors (Lipinski definition) is 2. The predicted octanol–water partition coefficient (Wildman–Crippen LogP) is 2.26. The van der Waals surface area contributed by atoms with Crippen molar-refractivity contribution in [3.63, 3.8) is 0 Å². The van der Waals surface area contributed by atoms with Gasteiger partial charge in [0, 0.05) is 12.7 Å². The highest BCUT2D eigenvalue weighted by atomic mass is 19.1. The van der Waals surface area contributed by atoms with Crippen molar-refractivity contribution in [3.8, 4) is 0 Å². The molecule has 84 valence electrons. The molecular weight excluding hydrogens is 200 g/mol. The Hall–Kier alpha value is -1.00. The summed E-state index contributed by atoms with van der Waals surface area (Å²) in [6, 6.07) is 3.05. The van der Waals surface area contributed by atoms with Crippen molar-refractivity contribution in [2.45, 2.75) is 19.1 Å². The summed E-state index contributed by atoms with van der Waals surface area (Å²) in [6.45, 7) is 1.80. The molecule has 4 heteroatoms. The average Bonchev–Trinajstić information content (AvgIpc) is 2.23. The molecular formula is C11H15F2NO. The molecule has 2 nitrogen and oxygen atoms in total. The number of hydrogen-bond donors (Lipinski definition) is 1. The molecule has 0 amide bonds. The van der Waals surface area contributed by atoms with Gasteiger partial charge in [-0.25, -0.2) is 8.78 Å². The number of likely N-dealkylation sites (N-methyl/N-ethyl adjacent to an activating group) is 1. The van der Waals surface area contributed by atoms with Crippen LogP contribution >= 0.6 is 0 Å². The van der Waals surface area contributed by atoms with Gasteiger partial charge in [-0.3, -0.25) is 0 Å². The first kappa shape index (κ1) is 12.1. The highest BCUT2D eigenvalue weighted by Crippen LogP contribution is 2.22. The van der Waals surface area contributed by atoms with Crippen LogP contribution in [0, 0.1) is 11.6 Å². The standard InChI is InChI=1S/C11H15F2NO/c1-7(15-3)11(14-2)9-6-8(12)4-5-10(9)13/h4-7,11,14H,1-3H3. The average molecular weight is 215 g/mol. The maximum atomic E-state index is 13.4. The van der Waals surface area contributed by atoms with Crippen molar-refractivity contribution in [2.24, 2.45) is 0 Å². The highest BCUT2D eigenvalue weighted by molar-refractivity contribution is 5.23. The van der Waals surface area contributed by atoms with Crippen LogP contribution in [0.4, 0.5) is 8.78 Å². The molecule has 2 atom stereocenters. The largest absolute Gasteiger partial charge is 0.380 e. The van der Waals surface area contributed by atoms with Crippen LogP contribution < -0.4 is 5.32 Å². The molecule has 0 bridgehead atoms. The molecule has 1 aromatic rings. The molecule has 1 N–H and O–H groups in total. The first-order chi connectivity index (χ1) is 7.10. The Labute approximate surface area is 88.3 Å². The molecule has 0 aliphatic rings. The van der Waals surface area contributed by atoms with Gasteiger partial charge < -0.3 is 10.1 Å². The fraction of sp³-hybridized carbons (Fsp3) is 0.455. The second kappa shape index (κ2) is 5.19. The van der Waals surface area contributed by atoms with Crippen molar-refractivity contribution in [1.82, 2.24) is 5.32 Å². The van der Waals surface area contributed by atoms with Gasteiger partial charge in [0.25, 0.3) is 0 Å². The molecule has 0 aliphatic carbocycles. The summed E-state index contributed by atoms with van der Waals surface area (Å²) in [7, 11) is 3.22. The summed E-state index contributed by atoms with van der Waals surface area (Å²) < 4.78 is 31.5. The lowest BCUT2D eigenvalue weighted by atomic mass is 10.0. The van der Waals surface area contributed by atoms with Crippen LogP contribution in [0.15, 0.2) is 18.2 Å². The molecule has 0 aliphatic heterocycles. The molecule has 0 spiro atoms. The normalized spacial score (nSPS) is 15.0. The summed E-state index contributed by atoms with van der Waals surface area (Å²) in [4.78, 5) is 0. The SMILES string of the molecule is CNC(c1cc(F)ccc1F)C(C)OC. The smallest absolute Gasteiger partial charge is 0.128 e. The van der Waals surface area contributed by atoms with Gasteiger partial charge in [0.2, 0.25) is 0 Å². The molecule has 2 unspecified atom stereocenters. The number of methoxy groups -OCH3 is 1. The van der Waals surface area contributed by atoms with Crippen molar-refractivity contribution in [2.75, 3.05) is 14.2 Å². The second-order valence-corrected chi connectivity index (χ2v) is 3.37. The van der Waals surface area contributed by atoms with Gasteiger partial charge >= 0.3 is 0 Å². The van der Waals surface area contributed by atoms with Gasteiger partial charge in [-0.15, -0.1) is 0 Å². The topological polar surface area (TPSA) is 21.3 Å². The second-order valence-electron chi connectivity index (χ2n) is 3.37. The fourth-order valence-corrected chi connectivity index (χ4v) is 1.53. The minimum absolute atomic E-state index is 0.230. The van der Waals surface area contributed by atoms with Gasteiger partial charge in [-0.1, -0.05) is 0 Å². The predicted molar refractivity (Wildman–Crippen MR) is 54.6 cm³/mol. The maximum Gasteiger partial charge on any atom is 0.128 e. The van der Waals surface area contributed by atoms with Gasteiger partial charge in [0.1, 0.15) is 11.6 Å². The van der Waals surface area contributed by atoms with Gasteiger partial charge in [-0.2, -0.15) is 0 Å². The zero-order valence-electron chi connectivity index (χ0n) is 9.05. The summed E-state index contributed by atoms with van der Waals surface area (Å²) in [5, 5.41) is 2.91. The molecule has 1 aromatic carbocycles. The maximum absolute atomic E-state index is 13.4. The van der Waals surface area contributed by atoms with E-state index in [1.54, 1.807) is 14.0 Å². The van der Waals surface area contributed by atoms with E-state index in [0.717, 1.165) is 12.1 Å². The number of benzene rings is 1. The van der Waals surface area contributed by atoms with E-state index in [-0.39, 0.29) is 17.7 Å². The molecule has 0 fully saturated rings. The third-order valence-electron chi connectivity index (χ3n) is 2.45. The first-order valence-corrected chi connectivity index (χ1v) is 4.75. The Morgan fingerprint density at radius 2 is 2.00 bits per heavy atom. The third-order valence-corrected chi connectivity index (χ3v) is 2.45. The summed E-state index contributed by atoms with van der Waals surface area (Å²) in [5.41, 5.74) is 0.284. The Morgan fingerprint density at radius 1 is 1.33 bits per heavy atom. The summed E-state index contributed by atoms with van der Waals surface area (Å²) in [6.07, 6.45) is -0.230. The van der Waals surface area contributed by atoms with Crippen LogP contribution in [-0.2, 0) is 4.74 Å². The van der Waals surface area contributed by atoms with Crippen LogP contribution in [0.1, 0.15) is 18.5 Å². The van der Waals surface area contributed by atoms with Crippen LogP contribution in [0.3, 0.4) is 0 Å². The van der Waals surface area contributed by atoms with E-state index in [0.29, 0.717) is 0 Å². The third kappa shape index (κ3) is 2.73. The van der Waals surface area contributed by atoms with Gasteiger partial charge in [-0.05, 0) is 32.2 Å². The summed E-state index contributed by atoms with van der Waals surface area (Å²) >= 11 is 0. The first-order valence-electron chi connectivity index (χ1n) is 4.75. The lowest BCUT2D eigenvalue weighted by Crippen LogP contribution is -2.29. The Morgan fingerprint density at radius 3 is 2.53 bits per heavy atom. The molecule has 1 rings (SSSR count). The monoisotopic (exact) mass is 215 g/mol. The van der Waals surface area contributed by atoms with E-state index >= 15 is 0 Å².